The van der Waals surface area contributed by atoms with Crippen LogP contribution in [0.5, 0.6) is 0 Å². The maximum Gasteiger partial charge on any atom is 0.237 e. The van der Waals surface area contributed by atoms with Crippen molar-refractivity contribution < 1.29 is 4.79 Å². The van der Waals surface area contributed by atoms with E-state index in [1.807, 2.05) is 44.2 Å². The second-order valence-electron chi connectivity index (χ2n) is 4.91. The molecule has 0 heterocycles. The lowest BCUT2D eigenvalue weighted by molar-refractivity contribution is -0.124. The van der Waals surface area contributed by atoms with Gasteiger partial charge in [-0.1, -0.05) is 51.1 Å². The van der Waals surface area contributed by atoms with Gasteiger partial charge in [0.2, 0.25) is 5.91 Å². The van der Waals surface area contributed by atoms with E-state index in [9.17, 15) is 4.79 Å². The first-order chi connectivity index (χ1) is 8.56. The van der Waals surface area contributed by atoms with E-state index in [1.165, 1.54) is 5.56 Å². The molecule has 2 unspecified atom stereocenters. The second kappa shape index (κ2) is 6.80. The molecule has 96 valence electrons. The Balaban J connectivity index is 2.51. The van der Waals surface area contributed by atoms with Gasteiger partial charge >= 0.3 is 0 Å². The molecule has 1 rings (SSSR count). The van der Waals surface area contributed by atoms with Crippen molar-refractivity contribution >= 4 is 5.91 Å². The third-order valence-corrected chi connectivity index (χ3v) is 3.04. The van der Waals surface area contributed by atoms with Crippen LogP contribution in [-0.2, 0) is 4.79 Å². The van der Waals surface area contributed by atoms with Gasteiger partial charge in [-0.3, -0.25) is 4.79 Å². The van der Waals surface area contributed by atoms with Gasteiger partial charge in [-0.25, -0.2) is 0 Å². The summed E-state index contributed by atoms with van der Waals surface area (Å²) < 4.78 is 0. The highest BCUT2D eigenvalue weighted by atomic mass is 16.1. The lowest BCUT2D eigenvalue weighted by Crippen LogP contribution is -2.35. The number of hydrogen-bond donors (Lipinski definition) is 1. The maximum absolute atomic E-state index is 11.8. The van der Waals surface area contributed by atoms with Crippen molar-refractivity contribution in [3.63, 3.8) is 0 Å². The van der Waals surface area contributed by atoms with Crippen LogP contribution in [0.2, 0.25) is 0 Å². The van der Waals surface area contributed by atoms with E-state index in [2.05, 4.69) is 18.3 Å². The number of nitriles is 1. The Hall–Kier alpha value is -1.82. The molecule has 1 amide bonds. The Kier molecular flexibility index (Phi) is 5.38. The van der Waals surface area contributed by atoms with Crippen LogP contribution in [0.25, 0.3) is 0 Å². The van der Waals surface area contributed by atoms with E-state index < -0.39 is 5.92 Å². The number of amides is 1. The number of nitrogens with one attached hydrogen (secondary N) is 1. The molecule has 0 saturated heterocycles. The summed E-state index contributed by atoms with van der Waals surface area (Å²) in [5.41, 5.74) is 1.19. The van der Waals surface area contributed by atoms with Crippen molar-refractivity contribution in [1.29, 1.82) is 5.26 Å². The molecule has 1 N–H and O–H groups in total. The van der Waals surface area contributed by atoms with E-state index in [4.69, 9.17) is 5.26 Å². The second-order valence-corrected chi connectivity index (χ2v) is 4.91. The molecule has 0 aliphatic heterocycles. The summed E-state index contributed by atoms with van der Waals surface area (Å²) in [6.07, 6.45) is 0. The van der Waals surface area contributed by atoms with Crippen molar-refractivity contribution in [3.05, 3.63) is 35.9 Å². The van der Waals surface area contributed by atoms with Gasteiger partial charge in [-0.15, -0.1) is 0 Å². The van der Waals surface area contributed by atoms with Crippen molar-refractivity contribution in [2.75, 3.05) is 6.54 Å². The van der Waals surface area contributed by atoms with Gasteiger partial charge in [0.05, 0.1) is 6.07 Å². The fraction of sp³-hybridized carbons (Fsp3) is 0.467. The summed E-state index contributed by atoms with van der Waals surface area (Å²) in [5.74, 6) is -0.438. The van der Waals surface area contributed by atoms with Crippen molar-refractivity contribution in [3.8, 4) is 6.07 Å². The van der Waals surface area contributed by atoms with Gasteiger partial charge in [-0.05, 0) is 17.4 Å². The first-order valence-electron chi connectivity index (χ1n) is 6.28. The third-order valence-electron chi connectivity index (χ3n) is 3.04. The lowest BCUT2D eigenvalue weighted by Gasteiger charge is -2.16. The number of hydrogen-bond acceptors (Lipinski definition) is 2. The van der Waals surface area contributed by atoms with Gasteiger partial charge in [0, 0.05) is 6.54 Å². The quantitative estimate of drug-likeness (QED) is 0.865. The maximum atomic E-state index is 11.8. The zero-order chi connectivity index (χ0) is 13.5. The fourth-order valence-electron chi connectivity index (χ4n) is 1.77. The first-order valence-corrected chi connectivity index (χ1v) is 6.28. The molecule has 3 nitrogen and oxygen atoms in total. The van der Waals surface area contributed by atoms with E-state index >= 15 is 0 Å². The van der Waals surface area contributed by atoms with E-state index in [-0.39, 0.29) is 17.7 Å². The summed E-state index contributed by atoms with van der Waals surface area (Å²) in [4.78, 5) is 11.8. The molecule has 0 aromatic heterocycles. The molecule has 18 heavy (non-hydrogen) atoms. The SMILES string of the molecule is CC(CNC(=O)C(C#N)C(C)C)c1ccccc1. The summed E-state index contributed by atoms with van der Waals surface area (Å²) >= 11 is 0. The molecule has 1 aromatic rings. The Morgan fingerprint density at radius 2 is 1.89 bits per heavy atom. The van der Waals surface area contributed by atoms with Gasteiger partial charge in [0.1, 0.15) is 5.92 Å². The smallest absolute Gasteiger partial charge is 0.237 e. The average molecular weight is 244 g/mol. The Labute approximate surface area is 109 Å². The molecule has 0 radical (unpaired) electrons. The number of nitrogens with zero attached hydrogens (tertiary/aromatic N) is 1. The molecule has 0 aliphatic rings. The van der Waals surface area contributed by atoms with Crippen LogP contribution in [0.15, 0.2) is 30.3 Å². The molecule has 3 heteroatoms. The molecule has 1 aromatic carbocycles. The number of carbonyl (C=O) groups is 1. The Morgan fingerprint density at radius 3 is 2.39 bits per heavy atom. The largest absolute Gasteiger partial charge is 0.354 e. The average Bonchev–Trinajstić information content (AvgIpc) is 2.37. The summed E-state index contributed by atoms with van der Waals surface area (Å²) in [5, 5.41) is 11.8. The van der Waals surface area contributed by atoms with Crippen LogP contribution < -0.4 is 5.32 Å². The predicted molar refractivity (Wildman–Crippen MR) is 71.8 cm³/mol. The summed E-state index contributed by atoms with van der Waals surface area (Å²) in [7, 11) is 0. The van der Waals surface area contributed by atoms with Gasteiger partial charge in [0.15, 0.2) is 0 Å². The minimum absolute atomic E-state index is 0.0435. The van der Waals surface area contributed by atoms with Gasteiger partial charge < -0.3 is 5.32 Å². The summed E-state index contributed by atoms with van der Waals surface area (Å²) in [6, 6.07) is 12.1. The molecule has 0 saturated carbocycles. The number of benzene rings is 1. The van der Waals surface area contributed by atoms with E-state index in [0.717, 1.165) is 0 Å². The van der Waals surface area contributed by atoms with Crippen molar-refractivity contribution in [2.45, 2.75) is 26.7 Å². The van der Waals surface area contributed by atoms with Crippen LogP contribution in [0.4, 0.5) is 0 Å². The summed E-state index contributed by atoms with van der Waals surface area (Å²) in [6.45, 7) is 6.39. The minimum Gasteiger partial charge on any atom is -0.354 e. The molecule has 0 fully saturated rings. The monoisotopic (exact) mass is 244 g/mol. The minimum atomic E-state index is -0.562. The predicted octanol–water partition coefficient (Wildman–Crippen LogP) is 2.70. The van der Waals surface area contributed by atoms with Gasteiger partial charge in [0.25, 0.3) is 0 Å². The van der Waals surface area contributed by atoms with E-state index in [1.54, 1.807) is 0 Å². The lowest BCUT2D eigenvalue weighted by atomic mass is 9.96. The molecule has 2 atom stereocenters. The van der Waals surface area contributed by atoms with Gasteiger partial charge in [-0.2, -0.15) is 5.26 Å². The molecule has 0 spiro atoms. The fourth-order valence-corrected chi connectivity index (χ4v) is 1.77. The molecule has 0 aliphatic carbocycles. The number of rotatable bonds is 5. The normalized spacial score (nSPS) is 13.7. The van der Waals surface area contributed by atoms with Crippen LogP contribution in [-0.4, -0.2) is 12.5 Å². The van der Waals surface area contributed by atoms with Crippen LogP contribution >= 0.6 is 0 Å². The zero-order valence-electron chi connectivity index (χ0n) is 11.2. The topological polar surface area (TPSA) is 52.9 Å². The highest BCUT2D eigenvalue weighted by Gasteiger charge is 2.21. The molecule has 0 bridgehead atoms. The Bertz CT molecular complexity index is 420. The molecular formula is C15H20N2O. The highest BCUT2D eigenvalue weighted by Crippen LogP contribution is 2.14. The zero-order valence-corrected chi connectivity index (χ0v) is 11.2. The van der Waals surface area contributed by atoms with Crippen molar-refractivity contribution in [1.82, 2.24) is 5.32 Å². The Morgan fingerprint density at radius 1 is 1.28 bits per heavy atom. The van der Waals surface area contributed by atoms with Crippen molar-refractivity contribution in [2.24, 2.45) is 11.8 Å². The van der Waals surface area contributed by atoms with Crippen LogP contribution in [0, 0.1) is 23.2 Å². The highest BCUT2D eigenvalue weighted by molar-refractivity contribution is 5.81. The van der Waals surface area contributed by atoms with Crippen LogP contribution in [0.3, 0.4) is 0 Å². The molecular weight excluding hydrogens is 224 g/mol. The van der Waals surface area contributed by atoms with Crippen LogP contribution in [0.1, 0.15) is 32.3 Å². The standard InChI is InChI=1S/C15H20N2O/c1-11(2)14(9-16)15(18)17-10-12(3)13-7-5-4-6-8-13/h4-8,11-12,14H,10H2,1-3H3,(H,17,18). The third kappa shape index (κ3) is 3.89. The number of carbonyl (C=O) groups excluding carboxylic acids is 1. The first kappa shape index (κ1) is 14.2. The van der Waals surface area contributed by atoms with E-state index in [0.29, 0.717) is 6.54 Å².